The summed E-state index contributed by atoms with van der Waals surface area (Å²) in [5, 5.41) is 2.97. The van der Waals surface area contributed by atoms with Gasteiger partial charge in [0.05, 0.1) is 18.0 Å². The van der Waals surface area contributed by atoms with Gasteiger partial charge in [-0.2, -0.15) is 0 Å². The highest BCUT2D eigenvalue weighted by molar-refractivity contribution is 8.01. The van der Waals surface area contributed by atoms with Crippen molar-refractivity contribution in [2.45, 2.75) is 65.0 Å². The van der Waals surface area contributed by atoms with Crippen LogP contribution in [0.4, 0.5) is 0 Å². The third-order valence-corrected chi connectivity index (χ3v) is 6.37. The third-order valence-electron chi connectivity index (χ3n) is 4.83. The van der Waals surface area contributed by atoms with E-state index < -0.39 is 4.75 Å². The lowest BCUT2D eigenvalue weighted by molar-refractivity contribution is -0.122. The first-order valence-electron chi connectivity index (χ1n) is 9.60. The maximum atomic E-state index is 12.8. The molecule has 1 N–H and O–H groups in total. The second-order valence-electron chi connectivity index (χ2n) is 8.27. The standard InChI is InChI=1S/C21H37NO3S/c1-8-12-25-18(13-16(2)20(3,4)15-24-7)22-19(23)21(5,6)26-14-17-10-9-11-17/h13,17H,2,8-12,14-15H2,1,3-7H3,(H,22,23)/b18-13-. The first kappa shape index (κ1) is 23.1. The van der Waals surface area contributed by atoms with Gasteiger partial charge in [-0.3, -0.25) is 10.1 Å². The van der Waals surface area contributed by atoms with Gasteiger partial charge in [0.1, 0.15) is 0 Å². The molecule has 0 radical (unpaired) electrons. The second kappa shape index (κ2) is 10.4. The zero-order chi connectivity index (χ0) is 19.8. The van der Waals surface area contributed by atoms with E-state index in [-0.39, 0.29) is 11.3 Å². The fraction of sp³-hybridized carbons (Fsp3) is 0.762. The summed E-state index contributed by atoms with van der Waals surface area (Å²) < 4.78 is 10.6. The maximum Gasteiger partial charge on any atom is 0.242 e. The van der Waals surface area contributed by atoms with Gasteiger partial charge in [-0.15, -0.1) is 11.8 Å². The monoisotopic (exact) mass is 383 g/mol. The molecule has 1 rings (SSSR count). The molecule has 1 saturated carbocycles. The van der Waals surface area contributed by atoms with Crippen molar-refractivity contribution in [2.24, 2.45) is 11.3 Å². The number of allylic oxidation sites excluding steroid dienone is 1. The minimum atomic E-state index is -0.492. The quantitative estimate of drug-likeness (QED) is 0.384. The van der Waals surface area contributed by atoms with E-state index in [1.807, 2.05) is 26.8 Å². The van der Waals surface area contributed by atoms with Gasteiger partial charge in [-0.25, -0.2) is 0 Å². The largest absolute Gasteiger partial charge is 0.479 e. The first-order valence-corrected chi connectivity index (χ1v) is 10.6. The number of rotatable bonds is 12. The van der Waals surface area contributed by atoms with E-state index in [1.165, 1.54) is 19.3 Å². The third kappa shape index (κ3) is 7.36. The van der Waals surface area contributed by atoms with Gasteiger partial charge >= 0.3 is 0 Å². The minimum absolute atomic E-state index is 0.0264. The molecule has 0 spiro atoms. The first-order chi connectivity index (χ1) is 12.1. The molecule has 1 amide bonds. The molecule has 0 aliphatic heterocycles. The van der Waals surface area contributed by atoms with E-state index in [1.54, 1.807) is 18.9 Å². The summed E-state index contributed by atoms with van der Waals surface area (Å²) in [6.07, 6.45) is 6.63. The summed E-state index contributed by atoms with van der Waals surface area (Å²) in [5.41, 5.74) is 0.639. The van der Waals surface area contributed by atoms with Crippen LogP contribution in [0.25, 0.3) is 0 Å². The number of hydrogen-bond acceptors (Lipinski definition) is 4. The number of carbonyl (C=O) groups excluding carboxylic acids is 1. The van der Waals surface area contributed by atoms with Crippen LogP contribution in [-0.4, -0.2) is 36.7 Å². The van der Waals surface area contributed by atoms with Crippen LogP contribution in [0.15, 0.2) is 24.1 Å². The van der Waals surface area contributed by atoms with Gasteiger partial charge in [-0.05, 0) is 50.4 Å². The highest BCUT2D eigenvalue weighted by Crippen LogP contribution is 2.35. The van der Waals surface area contributed by atoms with Crippen molar-refractivity contribution in [3.8, 4) is 0 Å². The summed E-state index contributed by atoms with van der Waals surface area (Å²) in [6, 6.07) is 0. The molecule has 5 heteroatoms. The lowest BCUT2D eigenvalue weighted by atomic mass is 9.86. The Balaban J connectivity index is 2.76. The van der Waals surface area contributed by atoms with Crippen LogP contribution in [0.2, 0.25) is 0 Å². The SMILES string of the molecule is C=C(/C=C(/NC(=O)C(C)(C)SCC1CCC1)OCCC)C(C)(C)COC. The zero-order valence-corrected chi connectivity index (χ0v) is 18.3. The molecule has 26 heavy (non-hydrogen) atoms. The van der Waals surface area contributed by atoms with Crippen LogP contribution in [0.5, 0.6) is 0 Å². The molecule has 0 aromatic heterocycles. The number of thioether (sulfide) groups is 1. The van der Waals surface area contributed by atoms with Crippen molar-refractivity contribution < 1.29 is 14.3 Å². The number of methoxy groups -OCH3 is 1. The average molecular weight is 384 g/mol. The average Bonchev–Trinajstić information content (AvgIpc) is 2.50. The highest BCUT2D eigenvalue weighted by Gasteiger charge is 2.31. The topological polar surface area (TPSA) is 47.6 Å². The molecule has 0 atom stereocenters. The van der Waals surface area contributed by atoms with Gasteiger partial charge in [0.2, 0.25) is 5.91 Å². The van der Waals surface area contributed by atoms with Gasteiger partial charge < -0.3 is 9.47 Å². The fourth-order valence-corrected chi connectivity index (χ4v) is 3.61. The Kier molecular flexibility index (Phi) is 9.25. The fourth-order valence-electron chi connectivity index (χ4n) is 2.45. The molecular weight excluding hydrogens is 346 g/mol. The molecule has 0 heterocycles. The van der Waals surface area contributed by atoms with E-state index in [0.717, 1.165) is 23.7 Å². The summed E-state index contributed by atoms with van der Waals surface area (Å²) >= 11 is 1.73. The lowest BCUT2D eigenvalue weighted by Crippen LogP contribution is -2.40. The predicted octanol–water partition coefficient (Wildman–Crippen LogP) is 4.91. The number of ether oxygens (including phenoxy) is 2. The van der Waals surface area contributed by atoms with Crippen LogP contribution < -0.4 is 5.32 Å². The van der Waals surface area contributed by atoms with Gasteiger partial charge in [0, 0.05) is 18.6 Å². The Hall–Kier alpha value is -0.940. The molecule has 1 aliphatic carbocycles. The lowest BCUT2D eigenvalue weighted by Gasteiger charge is -2.30. The highest BCUT2D eigenvalue weighted by atomic mass is 32.2. The van der Waals surface area contributed by atoms with Crippen LogP contribution in [0.3, 0.4) is 0 Å². The summed E-state index contributed by atoms with van der Waals surface area (Å²) in [5.74, 6) is 2.26. The van der Waals surface area contributed by atoms with Crippen molar-refractivity contribution in [1.29, 1.82) is 0 Å². The van der Waals surface area contributed by atoms with Crippen LogP contribution in [-0.2, 0) is 14.3 Å². The summed E-state index contributed by atoms with van der Waals surface area (Å²) in [6.45, 7) is 15.4. The molecule has 0 aromatic rings. The minimum Gasteiger partial charge on any atom is -0.479 e. The summed E-state index contributed by atoms with van der Waals surface area (Å²) in [4.78, 5) is 12.8. The molecule has 1 fully saturated rings. The van der Waals surface area contributed by atoms with Crippen molar-refractivity contribution in [1.82, 2.24) is 5.32 Å². The Labute approximate surface area is 164 Å². The van der Waals surface area contributed by atoms with Crippen molar-refractivity contribution >= 4 is 17.7 Å². The van der Waals surface area contributed by atoms with E-state index in [0.29, 0.717) is 19.1 Å². The Morgan fingerprint density at radius 3 is 2.46 bits per heavy atom. The van der Waals surface area contributed by atoms with Gasteiger partial charge in [0.25, 0.3) is 0 Å². The van der Waals surface area contributed by atoms with Crippen LogP contribution in [0, 0.1) is 11.3 Å². The molecule has 0 aromatic carbocycles. The maximum absolute atomic E-state index is 12.8. The van der Waals surface area contributed by atoms with Gasteiger partial charge in [-0.1, -0.05) is 33.8 Å². The summed E-state index contributed by atoms with van der Waals surface area (Å²) in [7, 11) is 1.68. The number of hydrogen-bond donors (Lipinski definition) is 1. The Morgan fingerprint density at radius 1 is 1.31 bits per heavy atom. The van der Waals surface area contributed by atoms with Gasteiger partial charge in [0.15, 0.2) is 5.88 Å². The normalized spacial score (nSPS) is 16.2. The molecule has 0 bridgehead atoms. The molecule has 0 unspecified atom stereocenters. The van der Waals surface area contributed by atoms with Crippen LogP contribution >= 0.6 is 11.8 Å². The molecular formula is C21H37NO3S. The van der Waals surface area contributed by atoms with Crippen LogP contribution in [0.1, 0.15) is 60.3 Å². The Bertz CT molecular complexity index is 507. The van der Waals surface area contributed by atoms with E-state index >= 15 is 0 Å². The molecule has 4 nitrogen and oxygen atoms in total. The Morgan fingerprint density at radius 2 is 1.96 bits per heavy atom. The second-order valence-corrected chi connectivity index (χ2v) is 9.91. The number of amides is 1. The van der Waals surface area contributed by atoms with Crippen molar-refractivity contribution in [2.75, 3.05) is 26.1 Å². The molecule has 0 saturated heterocycles. The number of carbonyl (C=O) groups is 1. The molecule has 1 aliphatic rings. The van der Waals surface area contributed by atoms with Crippen molar-refractivity contribution in [3.05, 3.63) is 24.1 Å². The number of nitrogens with one attached hydrogen (secondary N) is 1. The smallest absolute Gasteiger partial charge is 0.242 e. The van der Waals surface area contributed by atoms with E-state index in [9.17, 15) is 4.79 Å². The van der Waals surface area contributed by atoms with E-state index in [4.69, 9.17) is 9.47 Å². The van der Waals surface area contributed by atoms with E-state index in [2.05, 4.69) is 25.7 Å². The predicted molar refractivity (Wildman–Crippen MR) is 111 cm³/mol. The molecule has 150 valence electrons. The van der Waals surface area contributed by atoms with Crippen molar-refractivity contribution in [3.63, 3.8) is 0 Å². The zero-order valence-electron chi connectivity index (χ0n) is 17.4.